The summed E-state index contributed by atoms with van der Waals surface area (Å²) in [7, 11) is 1.54. The van der Waals surface area contributed by atoms with E-state index in [1.165, 1.54) is 0 Å². The molecule has 0 spiro atoms. The largest absolute Gasteiger partial charge is 0.497 e. The highest BCUT2D eigenvalue weighted by Gasteiger charge is 2.50. The Morgan fingerprint density at radius 2 is 1.93 bits per heavy atom. The van der Waals surface area contributed by atoms with E-state index >= 15 is 0 Å². The highest BCUT2D eigenvalue weighted by molar-refractivity contribution is 7.80. The third kappa shape index (κ3) is 3.70. The fourth-order valence-corrected chi connectivity index (χ4v) is 3.06. The zero-order valence-electron chi connectivity index (χ0n) is 15.2. The maximum atomic E-state index is 12.9. The number of imide groups is 1. The Morgan fingerprint density at radius 1 is 1.19 bits per heavy atom. The van der Waals surface area contributed by atoms with Gasteiger partial charge in [0.25, 0.3) is 5.91 Å². The molecule has 2 aromatic carbocycles. The number of urea groups is 1. The first kappa shape index (κ1) is 18.7. The van der Waals surface area contributed by atoms with E-state index in [9.17, 15) is 9.59 Å². The second-order valence-corrected chi connectivity index (χ2v) is 6.77. The minimum Gasteiger partial charge on any atom is -0.497 e. The molecule has 8 heteroatoms. The summed E-state index contributed by atoms with van der Waals surface area (Å²) >= 11 is 5.24. The molecule has 3 N–H and O–H groups in total. The Balaban J connectivity index is 1.76. The lowest BCUT2D eigenvalue weighted by molar-refractivity contribution is -0.132. The van der Waals surface area contributed by atoms with Crippen molar-refractivity contribution >= 4 is 35.0 Å². The standard InChI is InChI=1S/C19H20N4O3S/c1-12-6-4-8-14(10-12)20-17(27)22-23-16(24)19(2,21-18(23)25)13-7-5-9-15(11-13)26-3/h4-11H,1-3H3,(H,21,25)(H2,20,22,27). The molecule has 1 aliphatic rings. The van der Waals surface area contributed by atoms with Gasteiger partial charge in [-0.15, -0.1) is 0 Å². The molecule has 27 heavy (non-hydrogen) atoms. The predicted molar refractivity (Wildman–Crippen MR) is 106 cm³/mol. The van der Waals surface area contributed by atoms with Crippen LogP contribution in [-0.2, 0) is 10.3 Å². The molecule has 0 aromatic heterocycles. The van der Waals surface area contributed by atoms with Crippen molar-refractivity contribution < 1.29 is 14.3 Å². The lowest BCUT2D eigenvalue weighted by atomic mass is 9.92. The van der Waals surface area contributed by atoms with Crippen LogP contribution in [-0.4, -0.2) is 29.2 Å². The Labute approximate surface area is 162 Å². The average molecular weight is 384 g/mol. The number of hydrazine groups is 1. The molecule has 3 amide bonds. The van der Waals surface area contributed by atoms with Crippen LogP contribution in [0.15, 0.2) is 48.5 Å². The molecule has 140 valence electrons. The molecule has 1 fully saturated rings. The van der Waals surface area contributed by atoms with Gasteiger partial charge in [-0.1, -0.05) is 24.3 Å². The number of benzene rings is 2. The number of ether oxygens (including phenoxy) is 1. The number of methoxy groups -OCH3 is 1. The van der Waals surface area contributed by atoms with Crippen molar-refractivity contribution in [1.29, 1.82) is 0 Å². The van der Waals surface area contributed by atoms with Crippen molar-refractivity contribution in [2.75, 3.05) is 12.4 Å². The van der Waals surface area contributed by atoms with Crippen LogP contribution in [0, 0.1) is 6.92 Å². The molecule has 1 unspecified atom stereocenters. The molecule has 1 heterocycles. The number of hydrogen-bond acceptors (Lipinski definition) is 4. The first-order valence-electron chi connectivity index (χ1n) is 8.29. The molecule has 1 aliphatic heterocycles. The van der Waals surface area contributed by atoms with Gasteiger partial charge in [-0.2, -0.15) is 5.01 Å². The van der Waals surface area contributed by atoms with Crippen LogP contribution in [0.25, 0.3) is 0 Å². The van der Waals surface area contributed by atoms with Crippen molar-refractivity contribution in [3.05, 3.63) is 59.7 Å². The van der Waals surface area contributed by atoms with Crippen molar-refractivity contribution in [3.63, 3.8) is 0 Å². The molecular weight excluding hydrogens is 364 g/mol. The zero-order chi connectivity index (χ0) is 19.6. The molecule has 2 aromatic rings. The number of amides is 3. The molecule has 1 atom stereocenters. The van der Waals surface area contributed by atoms with Crippen LogP contribution in [0.4, 0.5) is 10.5 Å². The van der Waals surface area contributed by atoms with E-state index in [0.717, 1.165) is 16.3 Å². The Kier molecular flexibility index (Phi) is 5.00. The minimum atomic E-state index is -1.22. The summed E-state index contributed by atoms with van der Waals surface area (Å²) in [5, 5.41) is 6.69. The predicted octanol–water partition coefficient (Wildman–Crippen LogP) is 2.67. The van der Waals surface area contributed by atoms with Crippen LogP contribution >= 0.6 is 12.2 Å². The highest BCUT2D eigenvalue weighted by Crippen LogP contribution is 2.30. The highest BCUT2D eigenvalue weighted by atomic mass is 32.1. The normalized spacial score (nSPS) is 18.9. The van der Waals surface area contributed by atoms with Gasteiger partial charge in [-0.25, -0.2) is 4.79 Å². The molecule has 7 nitrogen and oxygen atoms in total. The quantitative estimate of drug-likeness (QED) is 0.555. The fourth-order valence-electron chi connectivity index (χ4n) is 2.85. The number of thiocarbonyl (C=S) groups is 1. The third-order valence-electron chi connectivity index (χ3n) is 4.33. The summed E-state index contributed by atoms with van der Waals surface area (Å²) in [6.07, 6.45) is 0. The number of nitrogens with one attached hydrogen (secondary N) is 3. The minimum absolute atomic E-state index is 0.138. The van der Waals surface area contributed by atoms with E-state index < -0.39 is 17.5 Å². The lowest BCUT2D eigenvalue weighted by Gasteiger charge is -2.23. The summed E-state index contributed by atoms with van der Waals surface area (Å²) in [6, 6.07) is 14.0. The molecule has 0 aliphatic carbocycles. The lowest BCUT2D eigenvalue weighted by Crippen LogP contribution is -2.49. The third-order valence-corrected chi connectivity index (χ3v) is 4.52. The van der Waals surface area contributed by atoms with Gasteiger partial charge in [0.15, 0.2) is 5.11 Å². The Morgan fingerprint density at radius 3 is 2.63 bits per heavy atom. The van der Waals surface area contributed by atoms with Crippen molar-refractivity contribution in [3.8, 4) is 5.75 Å². The van der Waals surface area contributed by atoms with Crippen LogP contribution in [0.3, 0.4) is 0 Å². The molecule has 3 rings (SSSR count). The number of carbonyl (C=O) groups is 2. The fraction of sp³-hybridized carbons (Fsp3) is 0.211. The summed E-state index contributed by atoms with van der Waals surface area (Å²) in [5.41, 5.74) is 3.87. The Bertz CT molecular complexity index is 917. The number of rotatable bonds is 4. The summed E-state index contributed by atoms with van der Waals surface area (Å²) in [6.45, 7) is 3.60. The molecule has 0 bridgehead atoms. The maximum Gasteiger partial charge on any atom is 0.344 e. The van der Waals surface area contributed by atoms with Gasteiger partial charge < -0.3 is 15.4 Å². The first-order chi connectivity index (χ1) is 12.8. The molecule has 1 saturated heterocycles. The van der Waals surface area contributed by atoms with Gasteiger partial charge in [0.05, 0.1) is 7.11 Å². The average Bonchev–Trinajstić information content (AvgIpc) is 2.86. The van der Waals surface area contributed by atoms with E-state index in [2.05, 4.69) is 16.1 Å². The van der Waals surface area contributed by atoms with Crippen molar-refractivity contribution in [2.24, 2.45) is 0 Å². The Hall–Kier alpha value is -3.13. The smallest absolute Gasteiger partial charge is 0.344 e. The van der Waals surface area contributed by atoms with E-state index in [1.807, 2.05) is 31.2 Å². The van der Waals surface area contributed by atoms with Gasteiger partial charge in [-0.05, 0) is 61.5 Å². The summed E-state index contributed by atoms with van der Waals surface area (Å²) in [4.78, 5) is 25.3. The van der Waals surface area contributed by atoms with Crippen LogP contribution in [0.1, 0.15) is 18.1 Å². The van der Waals surface area contributed by atoms with E-state index in [1.54, 1.807) is 38.3 Å². The van der Waals surface area contributed by atoms with Crippen molar-refractivity contribution in [1.82, 2.24) is 15.8 Å². The number of hydrogen-bond donors (Lipinski definition) is 3. The monoisotopic (exact) mass is 384 g/mol. The topological polar surface area (TPSA) is 82.7 Å². The number of anilines is 1. The summed E-state index contributed by atoms with van der Waals surface area (Å²) in [5.74, 6) is 0.132. The van der Waals surface area contributed by atoms with Gasteiger partial charge in [0.2, 0.25) is 0 Å². The van der Waals surface area contributed by atoms with E-state index in [4.69, 9.17) is 17.0 Å². The first-order valence-corrected chi connectivity index (χ1v) is 8.70. The van der Waals surface area contributed by atoms with Gasteiger partial charge >= 0.3 is 6.03 Å². The number of carbonyl (C=O) groups excluding carboxylic acids is 2. The van der Waals surface area contributed by atoms with Crippen LogP contribution in [0.5, 0.6) is 5.75 Å². The maximum absolute atomic E-state index is 12.9. The zero-order valence-corrected chi connectivity index (χ0v) is 16.0. The second-order valence-electron chi connectivity index (χ2n) is 6.36. The van der Waals surface area contributed by atoms with Crippen molar-refractivity contribution in [2.45, 2.75) is 19.4 Å². The number of aryl methyl sites for hydroxylation is 1. The van der Waals surface area contributed by atoms with Crippen LogP contribution < -0.4 is 20.8 Å². The summed E-state index contributed by atoms with van der Waals surface area (Å²) < 4.78 is 5.20. The number of nitrogens with zero attached hydrogens (tertiary/aromatic N) is 1. The second kappa shape index (κ2) is 7.24. The van der Waals surface area contributed by atoms with E-state index in [-0.39, 0.29) is 5.11 Å². The molecule has 0 radical (unpaired) electrons. The van der Waals surface area contributed by atoms with Gasteiger partial charge in [-0.3, -0.25) is 10.2 Å². The van der Waals surface area contributed by atoms with Gasteiger partial charge in [0.1, 0.15) is 11.3 Å². The molecular formula is C19H20N4O3S. The molecule has 0 saturated carbocycles. The SMILES string of the molecule is COc1cccc(C2(C)NC(=O)N(NC(=S)Nc3cccc(C)c3)C2=O)c1. The van der Waals surface area contributed by atoms with Crippen LogP contribution in [0.2, 0.25) is 0 Å². The van der Waals surface area contributed by atoms with E-state index in [0.29, 0.717) is 11.3 Å². The van der Waals surface area contributed by atoms with Gasteiger partial charge in [0, 0.05) is 5.69 Å².